The van der Waals surface area contributed by atoms with Gasteiger partial charge in [-0.1, -0.05) is 30.3 Å². The molecular weight excluding hydrogens is 302 g/mol. The number of aromatic amines is 1. The summed E-state index contributed by atoms with van der Waals surface area (Å²) in [5, 5.41) is 3.93. The predicted octanol–water partition coefficient (Wildman–Crippen LogP) is 3.33. The van der Waals surface area contributed by atoms with E-state index in [0.717, 1.165) is 28.6 Å². The average Bonchev–Trinajstić information content (AvgIpc) is 3.19. The van der Waals surface area contributed by atoms with Gasteiger partial charge in [0.2, 0.25) is 5.91 Å². The van der Waals surface area contributed by atoms with Crippen LogP contribution in [0.15, 0.2) is 48.5 Å². The molecule has 2 aromatic carbocycles. The average molecular weight is 319 g/mol. The van der Waals surface area contributed by atoms with Gasteiger partial charge < -0.3 is 15.2 Å². The van der Waals surface area contributed by atoms with Gasteiger partial charge in [0.25, 0.3) is 5.91 Å². The fraction of sp³-hybridized carbons (Fsp3) is 0.158. The molecule has 0 atom stereocenters. The molecule has 1 aromatic heterocycles. The van der Waals surface area contributed by atoms with E-state index < -0.39 is 0 Å². The maximum Gasteiger partial charge on any atom is 0.272 e. The molecule has 3 aromatic rings. The Morgan fingerprint density at radius 2 is 1.96 bits per heavy atom. The van der Waals surface area contributed by atoms with E-state index in [0.29, 0.717) is 17.9 Å². The minimum absolute atomic E-state index is 0.0129. The number of carbonyl (C=O) groups is 2. The number of amides is 2. The number of H-pyrrole nitrogens is 1. The Kier molecular flexibility index (Phi) is 3.34. The lowest BCUT2D eigenvalue weighted by Crippen LogP contribution is -2.27. The van der Waals surface area contributed by atoms with Crippen molar-refractivity contribution in [3.05, 3.63) is 59.8 Å². The highest BCUT2D eigenvalue weighted by molar-refractivity contribution is 6.09. The monoisotopic (exact) mass is 319 g/mol. The number of rotatable bonds is 2. The van der Waals surface area contributed by atoms with Gasteiger partial charge in [-0.15, -0.1) is 0 Å². The Morgan fingerprint density at radius 1 is 1.12 bits per heavy atom. The molecule has 0 saturated carbocycles. The lowest BCUT2D eigenvalue weighted by atomic mass is 10.1. The van der Waals surface area contributed by atoms with Crippen molar-refractivity contribution < 1.29 is 9.59 Å². The second kappa shape index (κ2) is 5.53. The van der Waals surface area contributed by atoms with E-state index in [1.807, 2.05) is 48.5 Å². The number of hydrogen-bond acceptors (Lipinski definition) is 2. The second-order valence-electron chi connectivity index (χ2n) is 5.96. The van der Waals surface area contributed by atoms with Crippen LogP contribution in [0.5, 0.6) is 0 Å². The van der Waals surface area contributed by atoms with Crippen LogP contribution in [0.1, 0.15) is 23.0 Å². The van der Waals surface area contributed by atoms with Crippen molar-refractivity contribution in [2.75, 3.05) is 16.8 Å². The molecule has 2 N–H and O–H groups in total. The van der Waals surface area contributed by atoms with Gasteiger partial charge in [-0.25, -0.2) is 0 Å². The highest BCUT2D eigenvalue weighted by Crippen LogP contribution is 2.35. The number of hydrogen-bond donors (Lipinski definition) is 2. The van der Waals surface area contributed by atoms with Crippen LogP contribution in [0, 0.1) is 0 Å². The number of carbonyl (C=O) groups excluding carboxylic acids is 2. The third kappa shape index (κ3) is 2.34. The summed E-state index contributed by atoms with van der Waals surface area (Å²) in [6.07, 6.45) is 0.811. The molecule has 2 heterocycles. The smallest absolute Gasteiger partial charge is 0.272 e. The van der Waals surface area contributed by atoms with Crippen molar-refractivity contribution in [3.8, 4) is 0 Å². The molecule has 4 rings (SSSR count). The standard InChI is InChI=1S/C19H17N3O2/c1-12(23)22-10-9-13-6-4-8-16(18(13)22)21-19(24)17-11-14-5-2-3-7-15(14)20-17/h2-8,11,20H,9-10H2,1H3,(H,21,24). The molecule has 5 heteroatoms. The van der Waals surface area contributed by atoms with Crippen LogP contribution in [-0.2, 0) is 11.2 Å². The highest BCUT2D eigenvalue weighted by Gasteiger charge is 2.26. The molecule has 120 valence electrons. The molecule has 0 aliphatic carbocycles. The maximum absolute atomic E-state index is 12.6. The van der Waals surface area contributed by atoms with Crippen LogP contribution < -0.4 is 10.2 Å². The lowest BCUT2D eigenvalue weighted by molar-refractivity contribution is -0.116. The van der Waals surface area contributed by atoms with E-state index in [-0.39, 0.29) is 11.8 Å². The van der Waals surface area contributed by atoms with Crippen molar-refractivity contribution in [1.82, 2.24) is 4.98 Å². The molecule has 0 saturated heterocycles. The normalized spacial score (nSPS) is 13.1. The largest absolute Gasteiger partial charge is 0.351 e. The van der Waals surface area contributed by atoms with Crippen molar-refractivity contribution in [2.45, 2.75) is 13.3 Å². The molecule has 0 unspecified atom stereocenters. The minimum Gasteiger partial charge on any atom is -0.351 e. The van der Waals surface area contributed by atoms with E-state index >= 15 is 0 Å². The first-order chi connectivity index (χ1) is 11.6. The van der Waals surface area contributed by atoms with Crippen molar-refractivity contribution in [1.29, 1.82) is 0 Å². The number of anilines is 2. The van der Waals surface area contributed by atoms with Crippen LogP contribution in [0.3, 0.4) is 0 Å². The number of benzene rings is 2. The summed E-state index contributed by atoms with van der Waals surface area (Å²) in [5.41, 5.74) is 3.99. The van der Waals surface area contributed by atoms with Crippen LogP contribution in [0.4, 0.5) is 11.4 Å². The van der Waals surface area contributed by atoms with Gasteiger partial charge in [0.1, 0.15) is 5.69 Å². The van der Waals surface area contributed by atoms with Crippen LogP contribution >= 0.6 is 0 Å². The molecule has 1 aliphatic heterocycles. The third-order valence-electron chi connectivity index (χ3n) is 4.40. The second-order valence-corrected chi connectivity index (χ2v) is 5.96. The summed E-state index contributed by atoms with van der Waals surface area (Å²) < 4.78 is 0. The van der Waals surface area contributed by atoms with E-state index in [9.17, 15) is 9.59 Å². The van der Waals surface area contributed by atoms with Gasteiger partial charge in [-0.05, 0) is 30.2 Å². The molecule has 0 fully saturated rings. The minimum atomic E-state index is -0.213. The van der Waals surface area contributed by atoms with Gasteiger partial charge in [-0.3, -0.25) is 9.59 Å². The molecule has 0 radical (unpaired) electrons. The Balaban J connectivity index is 1.67. The molecule has 1 aliphatic rings. The van der Waals surface area contributed by atoms with Gasteiger partial charge in [0, 0.05) is 24.4 Å². The Labute approximate surface area is 139 Å². The van der Waals surface area contributed by atoms with Crippen LogP contribution in [0.2, 0.25) is 0 Å². The molecule has 24 heavy (non-hydrogen) atoms. The third-order valence-corrected chi connectivity index (χ3v) is 4.40. The van der Waals surface area contributed by atoms with Crippen LogP contribution in [-0.4, -0.2) is 23.3 Å². The highest BCUT2D eigenvalue weighted by atomic mass is 16.2. The van der Waals surface area contributed by atoms with Crippen molar-refractivity contribution in [3.63, 3.8) is 0 Å². The number of para-hydroxylation sites is 2. The molecule has 5 nitrogen and oxygen atoms in total. The quantitative estimate of drug-likeness (QED) is 0.761. The Morgan fingerprint density at radius 3 is 2.75 bits per heavy atom. The fourth-order valence-corrected chi connectivity index (χ4v) is 3.26. The predicted molar refractivity (Wildman–Crippen MR) is 94.4 cm³/mol. The van der Waals surface area contributed by atoms with E-state index in [1.165, 1.54) is 0 Å². The first kappa shape index (κ1) is 14.5. The zero-order chi connectivity index (χ0) is 16.7. The summed E-state index contributed by atoms with van der Waals surface area (Å²) in [6.45, 7) is 2.20. The molecule has 2 amide bonds. The van der Waals surface area contributed by atoms with E-state index in [4.69, 9.17) is 0 Å². The summed E-state index contributed by atoms with van der Waals surface area (Å²) in [6, 6.07) is 15.3. The number of aromatic nitrogens is 1. The summed E-state index contributed by atoms with van der Waals surface area (Å²) in [4.78, 5) is 29.3. The van der Waals surface area contributed by atoms with E-state index in [2.05, 4.69) is 10.3 Å². The number of fused-ring (bicyclic) bond motifs is 2. The fourth-order valence-electron chi connectivity index (χ4n) is 3.26. The maximum atomic E-state index is 12.6. The number of nitrogens with one attached hydrogen (secondary N) is 2. The van der Waals surface area contributed by atoms with Crippen molar-refractivity contribution >= 4 is 34.1 Å². The summed E-state index contributed by atoms with van der Waals surface area (Å²) in [7, 11) is 0. The van der Waals surface area contributed by atoms with Gasteiger partial charge in [0.05, 0.1) is 11.4 Å². The zero-order valence-corrected chi connectivity index (χ0v) is 13.3. The van der Waals surface area contributed by atoms with Gasteiger partial charge in [-0.2, -0.15) is 0 Å². The summed E-state index contributed by atoms with van der Waals surface area (Å²) >= 11 is 0. The molecule has 0 spiro atoms. The first-order valence-electron chi connectivity index (χ1n) is 7.92. The molecular formula is C19H17N3O2. The Hall–Kier alpha value is -3.08. The number of nitrogens with zero attached hydrogens (tertiary/aromatic N) is 1. The van der Waals surface area contributed by atoms with Gasteiger partial charge >= 0.3 is 0 Å². The van der Waals surface area contributed by atoms with E-state index in [1.54, 1.807) is 11.8 Å². The molecule has 0 bridgehead atoms. The van der Waals surface area contributed by atoms with Crippen LogP contribution in [0.25, 0.3) is 10.9 Å². The van der Waals surface area contributed by atoms with Gasteiger partial charge in [0.15, 0.2) is 0 Å². The zero-order valence-electron chi connectivity index (χ0n) is 13.3. The first-order valence-corrected chi connectivity index (χ1v) is 7.92. The topological polar surface area (TPSA) is 65.2 Å². The van der Waals surface area contributed by atoms with Crippen molar-refractivity contribution in [2.24, 2.45) is 0 Å². The SMILES string of the molecule is CC(=O)N1CCc2cccc(NC(=O)c3cc4ccccc4[nH]3)c21. The summed E-state index contributed by atoms with van der Waals surface area (Å²) in [5.74, 6) is -0.226. The Bertz CT molecular complexity index is 925. The lowest BCUT2D eigenvalue weighted by Gasteiger charge is -2.18.